The summed E-state index contributed by atoms with van der Waals surface area (Å²) >= 11 is 1.36. The van der Waals surface area contributed by atoms with Gasteiger partial charge in [-0.2, -0.15) is 0 Å². The third-order valence-electron chi connectivity index (χ3n) is 8.30. The van der Waals surface area contributed by atoms with Crippen molar-refractivity contribution in [2.24, 2.45) is 0 Å². The molecule has 0 atom stereocenters. The topological polar surface area (TPSA) is 77.5 Å². The van der Waals surface area contributed by atoms with Gasteiger partial charge in [-0.3, -0.25) is 9.59 Å². The monoisotopic (exact) mass is 590 g/mol. The second-order valence-electron chi connectivity index (χ2n) is 11.8. The summed E-state index contributed by atoms with van der Waals surface area (Å²) in [5, 5.41) is 4.93. The van der Waals surface area contributed by atoms with Gasteiger partial charge >= 0.3 is 0 Å². The molecule has 0 saturated heterocycles. The van der Waals surface area contributed by atoms with E-state index in [2.05, 4.69) is 51.8 Å². The van der Waals surface area contributed by atoms with E-state index in [0.29, 0.717) is 46.1 Å². The minimum atomic E-state index is -2.11. The second-order valence-corrected chi connectivity index (χ2v) is 18.2. The molecular formula is C33H42N2O4SSi. The van der Waals surface area contributed by atoms with E-state index in [9.17, 15) is 9.59 Å². The number of Topliss-reactive ketones (excluding diaryl/α,β-unsaturated/α-hetero) is 1. The van der Waals surface area contributed by atoms with E-state index in [0.717, 1.165) is 37.7 Å². The van der Waals surface area contributed by atoms with Crippen LogP contribution in [0.15, 0.2) is 42.5 Å². The maximum absolute atomic E-state index is 13.6. The van der Waals surface area contributed by atoms with E-state index >= 15 is 0 Å². The molecule has 0 aliphatic heterocycles. The summed E-state index contributed by atoms with van der Waals surface area (Å²) in [6.07, 6.45) is 0. The van der Waals surface area contributed by atoms with Gasteiger partial charge in [0.25, 0.3) is 5.91 Å². The third kappa shape index (κ3) is 5.88. The van der Waals surface area contributed by atoms with E-state index in [1.165, 1.54) is 11.3 Å². The lowest BCUT2D eigenvalue weighted by atomic mass is 10.0. The van der Waals surface area contributed by atoms with Gasteiger partial charge in [0.15, 0.2) is 5.78 Å². The Morgan fingerprint density at radius 3 is 2.22 bits per heavy atom. The summed E-state index contributed by atoms with van der Waals surface area (Å²) in [6, 6.07) is 13.5. The smallest absolute Gasteiger partial charge is 0.267 e. The molecular weight excluding hydrogens is 549 g/mol. The van der Waals surface area contributed by atoms with E-state index in [-0.39, 0.29) is 11.7 Å². The number of fused-ring (bicyclic) bond motifs is 2. The molecule has 6 nitrogen and oxygen atoms in total. The Labute approximate surface area is 248 Å². The van der Waals surface area contributed by atoms with Crippen LogP contribution in [0.4, 0.5) is 5.82 Å². The number of ketones is 1. The van der Waals surface area contributed by atoms with Crippen LogP contribution in [0.2, 0.25) is 16.6 Å². The number of ether oxygens (including phenoxy) is 1. The number of carbonyl (C=O) groups is 2. The van der Waals surface area contributed by atoms with Gasteiger partial charge in [0.1, 0.15) is 5.82 Å². The zero-order valence-electron chi connectivity index (χ0n) is 25.7. The number of aromatic nitrogens is 1. The standard InChI is InChI=1S/C33H42N2O4SSi/c1-19(2)41(20(3)4,21(5)6)39-18-25-13-14-26(23(8)36)32-30(25)22(7)31(40-32)33(37)35-29-16-15-27-24(17-38-9)11-10-12-28(27)34-29/h10-16,19-21H,17-18H2,1-9H3,(H,34,35,37). The van der Waals surface area contributed by atoms with Gasteiger partial charge in [-0.05, 0) is 71.4 Å². The van der Waals surface area contributed by atoms with E-state index < -0.39 is 8.32 Å². The highest BCUT2D eigenvalue weighted by atomic mass is 32.1. The summed E-state index contributed by atoms with van der Waals surface area (Å²) in [5.74, 6) is 0.222. The molecule has 8 heteroatoms. The van der Waals surface area contributed by atoms with Gasteiger partial charge in [0.2, 0.25) is 8.32 Å². The molecule has 218 valence electrons. The van der Waals surface area contributed by atoms with Gasteiger partial charge in [-0.1, -0.05) is 59.7 Å². The first kappa shape index (κ1) is 31.0. The largest absolute Gasteiger partial charge is 0.412 e. The fourth-order valence-corrected chi connectivity index (χ4v) is 13.2. The zero-order chi connectivity index (χ0) is 30.1. The Morgan fingerprint density at radius 2 is 1.61 bits per heavy atom. The van der Waals surface area contributed by atoms with Crippen LogP contribution in [0.5, 0.6) is 0 Å². The average Bonchev–Trinajstić information content (AvgIpc) is 3.26. The molecule has 41 heavy (non-hydrogen) atoms. The number of aryl methyl sites for hydroxylation is 1. The lowest BCUT2D eigenvalue weighted by Gasteiger charge is -2.42. The van der Waals surface area contributed by atoms with Crippen molar-refractivity contribution < 1.29 is 18.8 Å². The van der Waals surface area contributed by atoms with Gasteiger partial charge < -0.3 is 14.5 Å². The molecule has 0 radical (unpaired) electrons. The predicted octanol–water partition coefficient (Wildman–Crippen LogP) is 9.05. The lowest BCUT2D eigenvalue weighted by Crippen LogP contribution is -2.47. The van der Waals surface area contributed by atoms with Gasteiger partial charge in [0, 0.05) is 28.1 Å². The number of nitrogens with zero attached hydrogens (tertiary/aromatic N) is 1. The number of benzene rings is 2. The molecule has 2 aromatic heterocycles. The molecule has 4 rings (SSSR count). The fourth-order valence-electron chi connectivity index (χ4n) is 6.49. The Hall–Kier alpha value is -2.91. The normalized spacial score (nSPS) is 12.3. The Bertz CT molecular complexity index is 1570. The molecule has 2 heterocycles. The molecule has 1 N–H and O–H groups in total. The first-order valence-corrected chi connectivity index (χ1v) is 17.3. The molecule has 1 amide bonds. The molecule has 2 aromatic carbocycles. The van der Waals surface area contributed by atoms with Crippen LogP contribution in [-0.2, 0) is 22.4 Å². The molecule has 0 fully saturated rings. The number of thiophene rings is 1. The molecule has 0 aliphatic rings. The van der Waals surface area contributed by atoms with Gasteiger partial charge in [-0.25, -0.2) is 4.98 Å². The van der Waals surface area contributed by atoms with Crippen LogP contribution < -0.4 is 5.32 Å². The molecule has 0 saturated carbocycles. The molecule has 4 aromatic rings. The average molecular weight is 591 g/mol. The highest BCUT2D eigenvalue weighted by molar-refractivity contribution is 7.21. The minimum absolute atomic E-state index is 0.0194. The van der Waals surface area contributed by atoms with Gasteiger partial charge in [0.05, 0.1) is 23.6 Å². The summed E-state index contributed by atoms with van der Waals surface area (Å²) < 4.78 is 13.1. The lowest BCUT2D eigenvalue weighted by molar-refractivity contribution is 0.101. The van der Waals surface area contributed by atoms with Crippen molar-refractivity contribution in [1.82, 2.24) is 4.98 Å². The summed E-state index contributed by atoms with van der Waals surface area (Å²) in [5.41, 5.74) is 5.71. The van der Waals surface area contributed by atoms with Crippen molar-refractivity contribution >= 4 is 58.2 Å². The maximum Gasteiger partial charge on any atom is 0.267 e. The van der Waals surface area contributed by atoms with E-state index in [1.54, 1.807) is 14.0 Å². The van der Waals surface area contributed by atoms with E-state index in [1.807, 2.05) is 49.4 Å². The number of anilines is 1. The van der Waals surface area contributed by atoms with E-state index in [4.69, 9.17) is 9.16 Å². The molecule has 0 bridgehead atoms. The predicted molar refractivity (Wildman–Crippen MR) is 173 cm³/mol. The second kappa shape index (κ2) is 12.5. The van der Waals surface area contributed by atoms with Crippen molar-refractivity contribution in [3.8, 4) is 0 Å². The number of hydrogen-bond donors (Lipinski definition) is 1. The Kier molecular flexibility index (Phi) is 9.48. The summed E-state index contributed by atoms with van der Waals surface area (Å²) in [6.45, 7) is 18.1. The Morgan fingerprint density at radius 1 is 0.927 bits per heavy atom. The number of rotatable bonds is 11. The number of methoxy groups -OCH3 is 1. The van der Waals surface area contributed by atoms with Crippen molar-refractivity contribution in [1.29, 1.82) is 0 Å². The van der Waals surface area contributed by atoms with Crippen LogP contribution in [0.25, 0.3) is 21.0 Å². The number of carbonyl (C=O) groups excluding carboxylic acids is 2. The number of nitrogens with one attached hydrogen (secondary N) is 1. The number of hydrogen-bond acceptors (Lipinski definition) is 6. The third-order valence-corrected chi connectivity index (χ3v) is 15.7. The first-order chi connectivity index (χ1) is 19.4. The van der Waals surface area contributed by atoms with Crippen molar-refractivity contribution in [2.45, 2.75) is 85.2 Å². The quantitative estimate of drug-likeness (QED) is 0.139. The van der Waals surface area contributed by atoms with Crippen LogP contribution in [0, 0.1) is 6.92 Å². The SMILES string of the molecule is COCc1cccc2nc(NC(=O)c3sc4c(C(C)=O)ccc(CO[Si](C(C)C)(C(C)C)C(C)C)c4c3C)ccc12. The molecule has 0 aliphatic carbocycles. The zero-order valence-corrected chi connectivity index (χ0v) is 27.5. The highest BCUT2D eigenvalue weighted by Crippen LogP contribution is 2.44. The first-order valence-electron chi connectivity index (χ1n) is 14.3. The van der Waals surface area contributed by atoms with Gasteiger partial charge in [-0.15, -0.1) is 11.3 Å². The summed E-state index contributed by atoms with van der Waals surface area (Å²) in [7, 11) is -0.440. The minimum Gasteiger partial charge on any atom is -0.412 e. The fraction of sp³-hybridized carbons (Fsp3) is 0.424. The maximum atomic E-state index is 13.6. The van der Waals surface area contributed by atoms with Crippen molar-refractivity contribution in [3.63, 3.8) is 0 Å². The van der Waals surface area contributed by atoms with Crippen LogP contribution in [0.1, 0.15) is 85.2 Å². The number of pyridine rings is 1. The molecule has 0 unspecified atom stereocenters. The van der Waals surface area contributed by atoms with Crippen molar-refractivity contribution in [2.75, 3.05) is 12.4 Å². The highest BCUT2D eigenvalue weighted by Gasteiger charge is 2.45. The summed E-state index contributed by atoms with van der Waals surface area (Å²) in [4.78, 5) is 31.5. The molecule has 0 spiro atoms. The van der Waals surface area contributed by atoms with Crippen molar-refractivity contribution in [3.05, 3.63) is 69.6 Å². The van der Waals surface area contributed by atoms with Crippen LogP contribution >= 0.6 is 11.3 Å². The van der Waals surface area contributed by atoms with Crippen LogP contribution in [-0.4, -0.2) is 32.1 Å². The number of amides is 1. The Balaban J connectivity index is 1.72. The van der Waals surface area contributed by atoms with Crippen LogP contribution in [0.3, 0.4) is 0 Å².